The Morgan fingerprint density at radius 1 is 1.67 bits per heavy atom. The molecule has 0 amide bonds. The van der Waals surface area contributed by atoms with Gasteiger partial charge in [-0.1, -0.05) is 18.5 Å². The fourth-order valence-electron chi connectivity index (χ4n) is 1.15. The van der Waals surface area contributed by atoms with Gasteiger partial charge >= 0.3 is 0 Å². The van der Waals surface area contributed by atoms with Gasteiger partial charge in [0.2, 0.25) is 0 Å². The largest absolute Gasteiger partial charge is 0.317 e. The van der Waals surface area contributed by atoms with Crippen LogP contribution in [0.3, 0.4) is 0 Å². The van der Waals surface area contributed by atoms with Gasteiger partial charge in [-0.05, 0) is 31.3 Å². The molecule has 1 aromatic heterocycles. The minimum absolute atomic E-state index is 0.557. The van der Waals surface area contributed by atoms with Gasteiger partial charge in [0.15, 0.2) is 0 Å². The summed E-state index contributed by atoms with van der Waals surface area (Å²) in [7, 11) is 2.00. The van der Waals surface area contributed by atoms with E-state index in [1.165, 1.54) is 4.88 Å². The Morgan fingerprint density at radius 3 is 2.83 bits per heavy atom. The van der Waals surface area contributed by atoms with Gasteiger partial charge < -0.3 is 5.32 Å². The molecule has 1 nitrogen and oxygen atoms in total. The molecule has 1 aromatic rings. The molecule has 3 heteroatoms. The molecule has 0 aliphatic heterocycles. The Morgan fingerprint density at radius 2 is 2.42 bits per heavy atom. The summed E-state index contributed by atoms with van der Waals surface area (Å²) in [4.78, 5) is 1.29. The maximum atomic E-state index is 5.98. The van der Waals surface area contributed by atoms with E-state index in [1.807, 2.05) is 18.5 Å². The van der Waals surface area contributed by atoms with E-state index < -0.39 is 0 Å². The van der Waals surface area contributed by atoms with E-state index >= 15 is 0 Å². The molecule has 68 valence electrons. The highest BCUT2D eigenvalue weighted by atomic mass is 35.5. The molecule has 0 aromatic carbocycles. The van der Waals surface area contributed by atoms with E-state index in [0.29, 0.717) is 6.04 Å². The van der Waals surface area contributed by atoms with Crippen LogP contribution in [0.5, 0.6) is 0 Å². The molecule has 1 N–H and O–H groups in total. The van der Waals surface area contributed by atoms with E-state index in [4.69, 9.17) is 11.6 Å². The lowest BCUT2D eigenvalue weighted by Gasteiger charge is -2.12. The molecule has 0 spiro atoms. The van der Waals surface area contributed by atoms with E-state index in [0.717, 1.165) is 17.9 Å². The van der Waals surface area contributed by atoms with Crippen molar-refractivity contribution in [2.75, 3.05) is 7.05 Å². The number of hydrogen-bond acceptors (Lipinski definition) is 2. The van der Waals surface area contributed by atoms with Gasteiger partial charge in [0.1, 0.15) is 0 Å². The molecule has 0 saturated heterocycles. The second-order valence-corrected chi connectivity index (χ2v) is 4.20. The molecule has 0 aliphatic rings. The summed E-state index contributed by atoms with van der Waals surface area (Å²) in [6, 6.07) is 2.52. The average molecular weight is 204 g/mol. The van der Waals surface area contributed by atoms with Gasteiger partial charge in [-0.15, -0.1) is 11.3 Å². The standard InChI is InChI=1S/C9H14ClNS/c1-3-7(11-2)6-9-8(10)4-5-12-9/h4-5,7,11H,3,6H2,1-2H3/t7-/m1/s1. The number of thiophene rings is 1. The van der Waals surface area contributed by atoms with E-state index in [-0.39, 0.29) is 0 Å². The van der Waals surface area contributed by atoms with Gasteiger partial charge in [-0.2, -0.15) is 0 Å². The van der Waals surface area contributed by atoms with Crippen LogP contribution in [0.4, 0.5) is 0 Å². The third-order valence-electron chi connectivity index (χ3n) is 2.02. The summed E-state index contributed by atoms with van der Waals surface area (Å²) in [5.41, 5.74) is 0. The van der Waals surface area contributed by atoms with Crippen molar-refractivity contribution in [3.05, 3.63) is 21.3 Å². The van der Waals surface area contributed by atoms with Crippen molar-refractivity contribution in [2.45, 2.75) is 25.8 Å². The van der Waals surface area contributed by atoms with Gasteiger partial charge in [0.05, 0.1) is 5.02 Å². The molecule has 0 fully saturated rings. The Labute approximate surface area is 82.7 Å². The molecule has 1 rings (SSSR count). The Balaban J connectivity index is 2.56. The van der Waals surface area contributed by atoms with Gasteiger partial charge in [0.25, 0.3) is 0 Å². The first-order chi connectivity index (χ1) is 5.77. The van der Waals surface area contributed by atoms with Gasteiger partial charge in [-0.25, -0.2) is 0 Å². The zero-order valence-corrected chi connectivity index (χ0v) is 9.00. The van der Waals surface area contributed by atoms with Gasteiger partial charge in [-0.3, -0.25) is 0 Å². The summed E-state index contributed by atoms with van der Waals surface area (Å²) >= 11 is 7.72. The van der Waals surface area contributed by atoms with E-state index in [2.05, 4.69) is 12.2 Å². The second-order valence-electron chi connectivity index (χ2n) is 2.79. The highest BCUT2D eigenvalue weighted by Crippen LogP contribution is 2.23. The molecule has 0 radical (unpaired) electrons. The zero-order valence-electron chi connectivity index (χ0n) is 7.43. The molecule has 12 heavy (non-hydrogen) atoms. The van der Waals surface area contributed by atoms with Crippen LogP contribution in [0, 0.1) is 0 Å². The minimum Gasteiger partial charge on any atom is -0.317 e. The van der Waals surface area contributed by atoms with Crippen LogP contribution < -0.4 is 5.32 Å². The predicted octanol–water partition coefficient (Wildman–Crippen LogP) is 2.94. The van der Waals surface area contributed by atoms with Crippen molar-refractivity contribution in [2.24, 2.45) is 0 Å². The minimum atomic E-state index is 0.557. The summed E-state index contributed by atoms with van der Waals surface area (Å²) in [5, 5.41) is 6.22. The zero-order chi connectivity index (χ0) is 8.97. The average Bonchev–Trinajstić information content (AvgIpc) is 2.47. The summed E-state index contributed by atoms with van der Waals surface area (Å²) in [5.74, 6) is 0. The molecule has 1 atom stereocenters. The lowest BCUT2D eigenvalue weighted by atomic mass is 10.1. The van der Waals surface area contributed by atoms with Crippen molar-refractivity contribution in [3.8, 4) is 0 Å². The van der Waals surface area contributed by atoms with Crippen LogP contribution >= 0.6 is 22.9 Å². The fraction of sp³-hybridized carbons (Fsp3) is 0.556. The highest BCUT2D eigenvalue weighted by molar-refractivity contribution is 7.10. The van der Waals surface area contributed by atoms with Crippen LogP contribution in [-0.2, 0) is 6.42 Å². The number of halogens is 1. The van der Waals surface area contributed by atoms with Crippen LogP contribution in [-0.4, -0.2) is 13.1 Å². The molecule has 0 bridgehead atoms. The second kappa shape index (κ2) is 4.85. The third kappa shape index (κ3) is 2.47. The van der Waals surface area contributed by atoms with Crippen LogP contribution in [0.1, 0.15) is 18.2 Å². The Bertz CT molecular complexity index is 230. The lowest BCUT2D eigenvalue weighted by Crippen LogP contribution is -2.26. The van der Waals surface area contributed by atoms with Crippen LogP contribution in [0.15, 0.2) is 11.4 Å². The molecule has 0 unspecified atom stereocenters. The number of nitrogens with one attached hydrogen (secondary N) is 1. The molecular weight excluding hydrogens is 190 g/mol. The van der Waals surface area contributed by atoms with Crippen LogP contribution in [0.2, 0.25) is 5.02 Å². The maximum Gasteiger partial charge on any atom is 0.0545 e. The normalized spacial score (nSPS) is 13.2. The molecule has 0 saturated carbocycles. The highest BCUT2D eigenvalue weighted by Gasteiger charge is 2.08. The van der Waals surface area contributed by atoms with Crippen molar-refractivity contribution >= 4 is 22.9 Å². The fourth-order valence-corrected chi connectivity index (χ4v) is 2.34. The summed E-state index contributed by atoms with van der Waals surface area (Å²) < 4.78 is 0. The number of hydrogen-bond donors (Lipinski definition) is 1. The van der Waals surface area contributed by atoms with Crippen molar-refractivity contribution in [1.29, 1.82) is 0 Å². The smallest absolute Gasteiger partial charge is 0.0545 e. The van der Waals surface area contributed by atoms with Crippen LogP contribution in [0.25, 0.3) is 0 Å². The SMILES string of the molecule is CC[C@H](Cc1sccc1Cl)NC. The maximum absolute atomic E-state index is 5.98. The van der Waals surface area contributed by atoms with Crippen molar-refractivity contribution < 1.29 is 0 Å². The number of rotatable bonds is 4. The van der Waals surface area contributed by atoms with E-state index in [1.54, 1.807) is 11.3 Å². The molecule has 0 aliphatic carbocycles. The van der Waals surface area contributed by atoms with Crippen molar-refractivity contribution in [1.82, 2.24) is 5.32 Å². The third-order valence-corrected chi connectivity index (χ3v) is 3.43. The first kappa shape index (κ1) is 10.0. The topological polar surface area (TPSA) is 12.0 Å². The molecular formula is C9H14ClNS. The quantitative estimate of drug-likeness (QED) is 0.794. The lowest BCUT2D eigenvalue weighted by molar-refractivity contribution is 0.547. The van der Waals surface area contributed by atoms with E-state index in [9.17, 15) is 0 Å². The molecule has 1 heterocycles. The van der Waals surface area contributed by atoms with Crippen molar-refractivity contribution in [3.63, 3.8) is 0 Å². The number of likely N-dealkylation sites (N-methyl/N-ethyl adjacent to an activating group) is 1. The Hall–Kier alpha value is -0.0500. The Kier molecular flexibility index (Phi) is 4.06. The summed E-state index contributed by atoms with van der Waals surface area (Å²) in [6.07, 6.45) is 2.19. The summed E-state index contributed by atoms with van der Waals surface area (Å²) in [6.45, 7) is 2.18. The van der Waals surface area contributed by atoms with Gasteiger partial charge in [0, 0.05) is 10.9 Å². The first-order valence-corrected chi connectivity index (χ1v) is 5.42. The predicted molar refractivity (Wildman–Crippen MR) is 56.2 cm³/mol. The first-order valence-electron chi connectivity index (χ1n) is 4.17. The monoisotopic (exact) mass is 203 g/mol.